The Balaban J connectivity index is 1.78. The van der Waals surface area contributed by atoms with Gasteiger partial charge in [-0.2, -0.15) is 0 Å². The molecule has 1 fully saturated rings. The number of benzene rings is 1. The first-order valence-corrected chi connectivity index (χ1v) is 14.0. The van der Waals surface area contributed by atoms with E-state index in [1.54, 1.807) is 20.0 Å². The van der Waals surface area contributed by atoms with Crippen molar-refractivity contribution in [2.45, 2.75) is 84.5 Å². The highest BCUT2D eigenvalue weighted by atomic mass is 16.2. The number of hydrogen-bond acceptors (Lipinski definition) is 5. The van der Waals surface area contributed by atoms with E-state index in [1.807, 2.05) is 38.1 Å². The van der Waals surface area contributed by atoms with Crippen LogP contribution in [0.5, 0.6) is 0 Å². The summed E-state index contributed by atoms with van der Waals surface area (Å²) in [7, 11) is 0. The zero-order valence-corrected chi connectivity index (χ0v) is 24.0. The summed E-state index contributed by atoms with van der Waals surface area (Å²) in [5, 5.41) is 9.30. The van der Waals surface area contributed by atoms with Crippen molar-refractivity contribution < 1.29 is 24.0 Å². The summed E-state index contributed by atoms with van der Waals surface area (Å²) in [6.45, 7) is 9.09. The summed E-state index contributed by atoms with van der Waals surface area (Å²) in [5.74, 6) is -2.84. The number of para-hydroxylation sites is 1. The second-order valence-electron chi connectivity index (χ2n) is 11.0. The number of likely N-dealkylation sites (tertiary alicyclic amines) is 1. The average molecular weight is 555 g/mol. The molecule has 40 heavy (non-hydrogen) atoms. The lowest BCUT2D eigenvalue weighted by atomic mass is 9.95. The molecule has 0 bridgehead atoms. The summed E-state index contributed by atoms with van der Waals surface area (Å²) in [4.78, 5) is 69.0. The van der Waals surface area contributed by atoms with Gasteiger partial charge in [-0.15, -0.1) is 0 Å². The van der Waals surface area contributed by atoms with Gasteiger partial charge in [-0.25, -0.2) is 0 Å². The Bertz CT molecular complexity index is 1240. The van der Waals surface area contributed by atoms with E-state index in [0.717, 1.165) is 16.5 Å². The molecule has 0 aliphatic carbocycles. The largest absolute Gasteiger partial charge is 0.368 e. The summed E-state index contributed by atoms with van der Waals surface area (Å²) in [6.07, 6.45) is 3.79. The minimum atomic E-state index is -0.961. The van der Waals surface area contributed by atoms with Crippen molar-refractivity contribution in [2.75, 3.05) is 6.54 Å². The number of primary amides is 1. The van der Waals surface area contributed by atoms with Gasteiger partial charge in [0, 0.05) is 37.0 Å². The van der Waals surface area contributed by atoms with Crippen LogP contribution < -0.4 is 21.7 Å². The van der Waals surface area contributed by atoms with Crippen LogP contribution in [0.2, 0.25) is 0 Å². The van der Waals surface area contributed by atoms with Crippen molar-refractivity contribution in [1.82, 2.24) is 25.8 Å². The van der Waals surface area contributed by atoms with Gasteiger partial charge in [-0.05, 0) is 36.3 Å². The highest BCUT2D eigenvalue weighted by Gasteiger charge is 2.39. The predicted molar refractivity (Wildman–Crippen MR) is 152 cm³/mol. The van der Waals surface area contributed by atoms with Crippen LogP contribution in [0.1, 0.15) is 59.4 Å². The smallest absolute Gasteiger partial charge is 0.246 e. The zero-order chi connectivity index (χ0) is 29.6. The third kappa shape index (κ3) is 7.19. The minimum absolute atomic E-state index is 0.219. The van der Waals surface area contributed by atoms with E-state index in [9.17, 15) is 24.0 Å². The second kappa shape index (κ2) is 13.5. The number of fused-ring (bicyclic) bond motifs is 1. The summed E-state index contributed by atoms with van der Waals surface area (Å²) >= 11 is 0. The third-order valence-electron chi connectivity index (χ3n) is 7.68. The van der Waals surface area contributed by atoms with Crippen molar-refractivity contribution in [3.63, 3.8) is 0 Å². The van der Waals surface area contributed by atoms with Crippen molar-refractivity contribution in [3.05, 3.63) is 36.0 Å². The molecule has 5 amide bonds. The van der Waals surface area contributed by atoms with Crippen molar-refractivity contribution in [1.29, 1.82) is 0 Å². The molecule has 3 rings (SSSR count). The minimum Gasteiger partial charge on any atom is -0.368 e. The topological polar surface area (TPSA) is 166 Å². The Morgan fingerprint density at radius 3 is 2.33 bits per heavy atom. The first kappa shape index (κ1) is 30.6. The number of nitrogens with two attached hydrogens (primary N) is 1. The molecule has 5 atom stereocenters. The highest BCUT2D eigenvalue weighted by Crippen LogP contribution is 2.22. The number of aromatic amines is 1. The fraction of sp³-hybridized carbons (Fsp3) is 0.552. The van der Waals surface area contributed by atoms with Crippen LogP contribution in [0.4, 0.5) is 0 Å². The number of nitrogens with one attached hydrogen (secondary N) is 4. The first-order chi connectivity index (χ1) is 18.9. The van der Waals surface area contributed by atoms with Gasteiger partial charge in [0.1, 0.15) is 24.2 Å². The number of carbonyl (C=O) groups is 5. The maximum Gasteiger partial charge on any atom is 0.246 e. The Hall–Kier alpha value is -3.89. The number of rotatable bonds is 12. The van der Waals surface area contributed by atoms with Crippen LogP contribution in [0.3, 0.4) is 0 Å². The summed E-state index contributed by atoms with van der Waals surface area (Å²) in [5.41, 5.74) is 7.29. The van der Waals surface area contributed by atoms with Crippen LogP contribution in [0.15, 0.2) is 30.5 Å². The lowest BCUT2D eigenvalue weighted by Crippen LogP contribution is -2.60. The van der Waals surface area contributed by atoms with Crippen LogP contribution in [-0.4, -0.2) is 70.1 Å². The number of hydrogen-bond donors (Lipinski definition) is 5. The SMILES string of the molecule is CC[C@H](C)[C@H](NC(=O)[C@@H](NC(=O)[C@H](Cc1c[nH]c2ccccc12)NC(C)=O)C(C)C)C(=O)N1CCC[C@H]1C(N)=O. The van der Waals surface area contributed by atoms with Gasteiger partial charge in [-0.1, -0.05) is 52.3 Å². The molecule has 1 aromatic heterocycles. The summed E-state index contributed by atoms with van der Waals surface area (Å²) in [6, 6.07) is 4.21. The fourth-order valence-electron chi connectivity index (χ4n) is 5.19. The lowest BCUT2D eigenvalue weighted by molar-refractivity contribution is -0.142. The summed E-state index contributed by atoms with van der Waals surface area (Å²) < 4.78 is 0. The molecule has 1 aliphatic rings. The molecular formula is C29H42N6O5. The van der Waals surface area contributed by atoms with E-state index in [2.05, 4.69) is 20.9 Å². The van der Waals surface area contributed by atoms with E-state index in [4.69, 9.17) is 5.73 Å². The van der Waals surface area contributed by atoms with Crippen LogP contribution in [0, 0.1) is 11.8 Å². The quantitative estimate of drug-likeness (QED) is 0.267. The normalized spacial score (nSPS) is 18.1. The van der Waals surface area contributed by atoms with Gasteiger partial charge >= 0.3 is 0 Å². The molecule has 2 aromatic rings. The predicted octanol–water partition coefficient (Wildman–Crippen LogP) is 1.36. The highest BCUT2D eigenvalue weighted by molar-refractivity contribution is 5.96. The molecule has 11 heteroatoms. The standard InChI is InChI=1S/C29H42N6O5/c1-6-17(4)25(29(40)35-13-9-12-23(35)26(30)37)34-28(39)24(16(2)3)33-27(38)22(32-18(5)36)14-19-15-31-21-11-8-7-10-20(19)21/h7-8,10-11,15-17,22-25,31H,6,9,12-14H2,1-5H3,(H2,30,37)(H,32,36)(H,33,38)(H,34,39)/t17-,22-,23-,24-,25-/m0/s1. The fourth-order valence-corrected chi connectivity index (χ4v) is 5.19. The monoisotopic (exact) mass is 554 g/mol. The van der Waals surface area contributed by atoms with Gasteiger partial charge in [-0.3, -0.25) is 24.0 Å². The molecule has 2 heterocycles. The van der Waals surface area contributed by atoms with Crippen LogP contribution in [-0.2, 0) is 30.4 Å². The molecule has 0 saturated carbocycles. The number of nitrogens with zero attached hydrogens (tertiary/aromatic N) is 1. The Labute approximate surface area is 235 Å². The van der Waals surface area contributed by atoms with Crippen molar-refractivity contribution >= 4 is 40.4 Å². The van der Waals surface area contributed by atoms with Gasteiger partial charge in [0.05, 0.1) is 0 Å². The number of aromatic nitrogens is 1. The Morgan fingerprint density at radius 2 is 1.70 bits per heavy atom. The first-order valence-electron chi connectivity index (χ1n) is 14.0. The number of H-pyrrole nitrogens is 1. The molecule has 6 N–H and O–H groups in total. The van der Waals surface area contributed by atoms with Gasteiger partial charge in [0.25, 0.3) is 0 Å². The molecule has 1 aliphatic heterocycles. The number of amides is 5. The molecule has 1 aromatic carbocycles. The van der Waals surface area contributed by atoms with E-state index in [1.165, 1.54) is 11.8 Å². The van der Waals surface area contributed by atoms with Gasteiger partial charge < -0.3 is 31.6 Å². The van der Waals surface area contributed by atoms with E-state index in [0.29, 0.717) is 25.8 Å². The van der Waals surface area contributed by atoms with E-state index in [-0.39, 0.29) is 30.1 Å². The molecule has 0 radical (unpaired) electrons. The molecule has 0 spiro atoms. The molecule has 1 saturated heterocycles. The zero-order valence-electron chi connectivity index (χ0n) is 24.0. The van der Waals surface area contributed by atoms with Gasteiger partial charge in [0.2, 0.25) is 29.5 Å². The molecular weight excluding hydrogens is 512 g/mol. The molecule has 0 unspecified atom stereocenters. The number of carbonyl (C=O) groups excluding carboxylic acids is 5. The van der Waals surface area contributed by atoms with Crippen LogP contribution >= 0.6 is 0 Å². The molecule has 11 nitrogen and oxygen atoms in total. The lowest BCUT2D eigenvalue weighted by Gasteiger charge is -2.32. The molecule has 218 valence electrons. The second-order valence-corrected chi connectivity index (χ2v) is 11.0. The Kier molecular flexibility index (Phi) is 10.3. The average Bonchev–Trinajstić information content (AvgIpc) is 3.56. The van der Waals surface area contributed by atoms with Crippen molar-refractivity contribution in [2.24, 2.45) is 17.6 Å². The van der Waals surface area contributed by atoms with E-state index >= 15 is 0 Å². The van der Waals surface area contributed by atoms with Crippen LogP contribution in [0.25, 0.3) is 10.9 Å². The van der Waals surface area contributed by atoms with Crippen molar-refractivity contribution in [3.8, 4) is 0 Å². The maximum absolute atomic E-state index is 13.5. The third-order valence-corrected chi connectivity index (χ3v) is 7.68. The van der Waals surface area contributed by atoms with Gasteiger partial charge in [0.15, 0.2) is 0 Å². The maximum atomic E-state index is 13.5. The Morgan fingerprint density at radius 1 is 1.02 bits per heavy atom. The van der Waals surface area contributed by atoms with E-state index < -0.39 is 41.9 Å².